The Morgan fingerprint density at radius 2 is 1.52 bits per heavy atom. The quantitative estimate of drug-likeness (QED) is 0.461. The average Bonchev–Trinajstić information content (AvgIpc) is 2.71. The molecule has 0 saturated heterocycles. The molecule has 0 unspecified atom stereocenters. The highest BCUT2D eigenvalue weighted by Gasteiger charge is 2.26. The van der Waals surface area contributed by atoms with Gasteiger partial charge in [-0.3, -0.25) is 4.79 Å². The highest BCUT2D eigenvalue weighted by molar-refractivity contribution is 6.01. The van der Waals surface area contributed by atoms with Crippen molar-refractivity contribution in [3.8, 4) is 5.75 Å². The number of ether oxygens (including phenoxy) is 2. The predicted octanol–water partition coefficient (Wildman–Crippen LogP) is 4.37. The average molecular weight is 364 g/mol. The molecule has 0 amide bonds. The summed E-state index contributed by atoms with van der Waals surface area (Å²) < 4.78 is 23.8. The van der Waals surface area contributed by atoms with Crippen LogP contribution in [0.4, 0.5) is 4.39 Å². The van der Waals surface area contributed by atoms with E-state index in [2.05, 4.69) is 0 Å². The Labute approximate surface area is 156 Å². The van der Waals surface area contributed by atoms with Gasteiger partial charge < -0.3 is 9.47 Å². The van der Waals surface area contributed by atoms with Crippen molar-refractivity contribution in [2.45, 2.75) is 6.10 Å². The fourth-order valence-electron chi connectivity index (χ4n) is 2.52. The third-order valence-corrected chi connectivity index (χ3v) is 3.80. The van der Waals surface area contributed by atoms with Gasteiger partial charge in [0.15, 0.2) is 12.7 Å². The van der Waals surface area contributed by atoms with Crippen LogP contribution < -0.4 is 4.74 Å². The number of carbonyl (C=O) groups is 2. The molecule has 136 valence electrons. The Hall–Kier alpha value is -3.47. The zero-order valence-electron chi connectivity index (χ0n) is 14.4. The maximum atomic E-state index is 13.2. The second-order valence-electron chi connectivity index (χ2n) is 5.76. The van der Waals surface area contributed by atoms with Crippen LogP contribution in [0.2, 0.25) is 0 Å². The molecule has 0 saturated carbocycles. The van der Waals surface area contributed by atoms with Gasteiger partial charge in [-0.25, -0.2) is 9.18 Å². The maximum absolute atomic E-state index is 13.2. The normalized spacial score (nSPS) is 11.4. The van der Waals surface area contributed by atoms with Crippen molar-refractivity contribution < 1.29 is 23.5 Å². The molecule has 3 aromatic rings. The van der Waals surface area contributed by atoms with Crippen LogP contribution in [0.5, 0.6) is 5.75 Å². The first-order valence-electron chi connectivity index (χ1n) is 8.35. The minimum absolute atomic E-state index is 0.206. The monoisotopic (exact) mass is 364 g/mol. The zero-order chi connectivity index (χ0) is 19.1. The molecule has 1 atom stereocenters. The zero-order valence-corrected chi connectivity index (χ0v) is 14.4. The van der Waals surface area contributed by atoms with Crippen LogP contribution in [0, 0.1) is 5.82 Å². The minimum atomic E-state index is -1.09. The van der Waals surface area contributed by atoms with E-state index in [9.17, 15) is 14.0 Å². The Bertz CT molecular complexity index is 910. The first kappa shape index (κ1) is 18.3. The highest BCUT2D eigenvalue weighted by Crippen LogP contribution is 2.23. The van der Waals surface area contributed by atoms with E-state index in [4.69, 9.17) is 9.47 Å². The van der Waals surface area contributed by atoms with E-state index < -0.39 is 24.5 Å². The number of carbonyl (C=O) groups excluding carboxylic acids is 2. The Morgan fingerprint density at radius 1 is 0.852 bits per heavy atom. The molecule has 4 nitrogen and oxygen atoms in total. The van der Waals surface area contributed by atoms with E-state index in [0.29, 0.717) is 11.1 Å². The summed E-state index contributed by atoms with van der Waals surface area (Å²) in [5.41, 5.74) is 0.996. The molecule has 0 aromatic heterocycles. The van der Waals surface area contributed by atoms with Gasteiger partial charge in [0.2, 0.25) is 5.78 Å². The summed E-state index contributed by atoms with van der Waals surface area (Å²) in [4.78, 5) is 25.1. The van der Waals surface area contributed by atoms with Crippen molar-refractivity contribution in [3.63, 3.8) is 0 Å². The number of esters is 1. The fraction of sp³-hybridized carbons (Fsp3) is 0.0909. The maximum Gasteiger partial charge on any atom is 0.345 e. The van der Waals surface area contributed by atoms with E-state index in [-0.39, 0.29) is 11.5 Å². The lowest BCUT2D eigenvalue weighted by molar-refractivity contribution is -0.149. The molecular formula is C22H17FO4. The van der Waals surface area contributed by atoms with Gasteiger partial charge in [0.25, 0.3) is 0 Å². The number of halogens is 1. The molecule has 3 rings (SSSR count). The van der Waals surface area contributed by atoms with Gasteiger partial charge in [-0.05, 0) is 12.1 Å². The fourth-order valence-corrected chi connectivity index (χ4v) is 2.52. The number of Topliss-reactive ketones (excluding diaryl/α,β-unsaturated/α-hetero) is 1. The van der Waals surface area contributed by atoms with Crippen LogP contribution in [-0.2, 0) is 9.53 Å². The predicted molar refractivity (Wildman–Crippen MR) is 97.9 cm³/mol. The van der Waals surface area contributed by atoms with Crippen LogP contribution >= 0.6 is 0 Å². The first-order valence-corrected chi connectivity index (χ1v) is 8.35. The van der Waals surface area contributed by atoms with Gasteiger partial charge in [0, 0.05) is 17.2 Å². The van der Waals surface area contributed by atoms with Gasteiger partial charge in [0.1, 0.15) is 11.6 Å². The van der Waals surface area contributed by atoms with Crippen molar-refractivity contribution in [2.75, 3.05) is 6.61 Å². The molecule has 0 aliphatic rings. The molecule has 0 aliphatic carbocycles. The van der Waals surface area contributed by atoms with E-state index in [1.54, 1.807) is 54.6 Å². The SMILES string of the molecule is O=C(COc1cccc(F)c1)O[C@@H](C(=O)c1ccccc1)c1ccccc1. The summed E-state index contributed by atoms with van der Waals surface area (Å²) in [6, 6.07) is 22.8. The Morgan fingerprint density at radius 3 is 2.19 bits per heavy atom. The molecule has 3 aromatic carbocycles. The van der Waals surface area contributed by atoms with Crippen molar-refractivity contribution in [1.29, 1.82) is 0 Å². The van der Waals surface area contributed by atoms with Gasteiger partial charge in [0.05, 0.1) is 0 Å². The summed E-state index contributed by atoms with van der Waals surface area (Å²) in [5, 5.41) is 0. The van der Waals surface area contributed by atoms with Crippen molar-refractivity contribution in [2.24, 2.45) is 0 Å². The number of hydrogen-bond acceptors (Lipinski definition) is 4. The Balaban J connectivity index is 1.73. The third kappa shape index (κ3) is 5.01. The lowest BCUT2D eigenvalue weighted by atomic mass is 10.00. The first-order chi connectivity index (χ1) is 13.1. The van der Waals surface area contributed by atoms with Gasteiger partial charge in [-0.15, -0.1) is 0 Å². The Kier molecular flexibility index (Phi) is 5.94. The minimum Gasteiger partial charge on any atom is -0.482 e. The van der Waals surface area contributed by atoms with Crippen LogP contribution in [0.15, 0.2) is 84.9 Å². The van der Waals surface area contributed by atoms with Crippen molar-refractivity contribution in [3.05, 3.63) is 102 Å². The molecule has 27 heavy (non-hydrogen) atoms. The van der Waals surface area contributed by atoms with E-state index in [0.717, 1.165) is 6.07 Å². The van der Waals surface area contributed by atoms with Gasteiger partial charge in [-0.2, -0.15) is 0 Å². The smallest absolute Gasteiger partial charge is 0.345 e. The summed E-state index contributed by atoms with van der Waals surface area (Å²) in [6.07, 6.45) is -1.09. The van der Waals surface area contributed by atoms with Crippen LogP contribution in [0.1, 0.15) is 22.0 Å². The van der Waals surface area contributed by atoms with Gasteiger partial charge in [-0.1, -0.05) is 66.7 Å². The summed E-state index contributed by atoms with van der Waals surface area (Å²) in [7, 11) is 0. The number of hydrogen-bond donors (Lipinski definition) is 0. The van der Waals surface area contributed by atoms with Crippen LogP contribution in [0.25, 0.3) is 0 Å². The molecule has 0 heterocycles. The lowest BCUT2D eigenvalue weighted by Gasteiger charge is -2.17. The largest absolute Gasteiger partial charge is 0.482 e. The highest BCUT2D eigenvalue weighted by atomic mass is 19.1. The molecule has 0 N–H and O–H groups in total. The molecule has 0 radical (unpaired) electrons. The van der Waals surface area contributed by atoms with E-state index >= 15 is 0 Å². The number of benzene rings is 3. The summed E-state index contributed by atoms with van der Waals surface area (Å²) >= 11 is 0. The molecular weight excluding hydrogens is 347 g/mol. The summed E-state index contributed by atoms with van der Waals surface area (Å²) in [5.74, 6) is -1.32. The lowest BCUT2D eigenvalue weighted by Crippen LogP contribution is -2.23. The standard InChI is InChI=1S/C22H17FO4/c23-18-12-7-13-19(14-18)26-15-20(24)27-22(17-10-5-2-6-11-17)21(25)16-8-3-1-4-9-16/h1-14,22H,15H2/t22-/m1/s1. The van der Waals surface area contributed by atoms with Crippen molar-refractivity contribution >= 4 is 11.8 Å². The van der Waals surface area contributed by atoms with Crippen molar-refractivity contribution in [1.82, 2.24) is 0 Å². The van der Waals surface area contributed by atoms with E-state index in [1.807, 2.05) is 6.07 Å². The molecule has 0 aliphatic heterocycles. The second kappa shape index (κ2) is 8.76. The number of ketones is 1. The van der Waals surface area contributed by atoms with Crippen LogP contribution in [-0.4, -0.2) is 18.4 Å². The summed E-state index contributed by atoms with van der Waals surface area (Å²) in [6.45, 7) is -0.436. The second-order valence-corrected chi connectivity index (χ2v) is 5.76. The van der Waals surface area contributed by atoms with Gasteiger partial charge >= 0.3 is 5.97 Å². The van der Waals surface area contributed by atoms with E-state index in [1.165, 1.54) is 18.2 Å². The third-order valence-electron chi connectivity index (χ3n) is 3.80. The molecule has 5 heteroatoms. The number of rotatable bonds is 7. The van der Waals surface area contributed by atoms with Crippen LogP contribution in [0.3, 0.4) is 0 Å². The topological polar surface area (TPSA) is 52.6 Å². The molecule has 0 fully saturated rings. The molecule has 0 bridgehead atoms. The molecule has 0 spiro atoms.